The molecular weight excluding hydrogens is 272 g/mol. The van der Waals surface area contributed by atoms with Gasteiger partial charge in [0, 0.05) is 15.8 Å². The van der Waals surface area contributed by atoms with Crippen molar-refractivity contribution in [3.8, 4) is 0 Å². The fourth-order valence-electron chi connectivity index (χ4n) is 2.27. The van der Waals surface area contributed by atoms with Crippen molar-refractivity contribution in [2.75, 3.05) is 11.1 Å². The third-order valence-electron chi connectivity index (χ3n) is 3.25. The van der Waals surface area contributed by atoms with Gasteiger partial charge in [-0.05, 0) is 44.5 Å². The zero-order valence-electron chi connectivity index (χ0n) is 11.7. The maximum Gasteiger partial charge on any atom is 0.337 e. The summed E-state index contributed by atoms with van der Waals surface area (Å²) in [6.07, 6.45) is 0. The molecule has 0 aliphatic heterocycles. The maximum atomic E-state index is 11.1. The highest BCUT2D eigenvalue weighted by atomic mass is 32.1. The summed E-state index contributed by atoms with van der Waals surface area (Å²) in [5.41, 5.74) is 8.18. The Morgan fingerprint density at radius 3 is 2.65 bits per heavy atom. The summed E-state index contributed by atoms with van der Waals surface area (Å²) in [6.45, 7) is 6.21. The highest BCUT2D eigenvalue weighted by Crippen LogP contribution is 2.31. The number of anilines is 2. The van der Waals surface area contributed by atoms with Crippen LogP contribution in [-0.2, 0) is 0 Å². The first-order valence-corrected chi connectivity index (χ1v) is 7.17. The molecule has 0 bridgehead atoms. The zero-order chi connectivity index (χ0) is 14.9. The van der Waals surface area contributed by atoms with Crippen LogP contribution >= 0.6 is 11.3 Å². The molecule has 0 saturated heterocycles. The van der Waals surface area contributed by atoms with Gasteiger partial charge < -0.3 is 16.2 Å². The second-order valence-corrected chi connectivity index (χ2v) is 6.27. The van der Waals surface area contributed by atoms with Gasteiger partial charge in [0.2, 0.25) is 0 Å². The molecule has 0 fully saturated rings. The van der Waals surface area contributed by atoms with E-state index in [0.29, 0.717) is 5.69 Å². The Bertz CT molecular complexity index is 649. The minimum atomic E-state index is -1.01. The second kappa shape index (κ2) is 5.54. The number of nitrogens with one attached hydrogen (secondary N) is 1. The van der Waals surface area contributed by atoms with Crippen LogP contribution in [0.2, 0.25) is 0 Å². The molecule has 5 heteroatoms. The number of thiophene rings is 1. The number of nitrogen functional groups attached to an aromatic ring is 1. The van der Waals surface area contributed by atoms with Gasteiger partial charge in [0.1, 0.15) is 0 Å². The summed E-state index contributed by atoms with van der Waals surface area (Å²) in [5, 5.41) is 12.4. The molecule has 1 aromatic heterocycles. The largest absolute Gasteiger partial charge is 0.478 e. The summed E-state index contributed by atoms with van der Waals surface area (Å²) in [5.74, 6) is -1.01. The van der Waals surface area contributed by atoms with E-state index in [2.05, 4.69) is 25.2 Å². The second-order valence-electron chi connectivity index (χ2n) is 4.81. The molecule has 4 N–H and O–H groups in total. The maximum absolute atomic E-state index is 11.1. The standard InChI is InChI=1S/C15H18N2O2S/c1-8-7-12(10(3)20-8)9(2)17-13-6-4-5-11(14(13)16)15(18)19/h4-7,9,17H,16H2,1-3H3,(H,18,19). The number of para-hydroxylation sites is 1. The zero-order valence-corrected chi connectivity index (χ0v) is 12.5. The smallest absolute Gasteiger partial charge is 0.337 e. The molecule has 1 unspecified atom stereocenters. The SMILES string of the molecule is Cc1cc(C(C)Nc2cccc(C(=O)O)c2N)c(C)s1. The van der Waals surface area contributed by atoms with Gasteiger partial charge in [-0.1, -0.05) is 6.07 Å². The summed E-state index contributed by atoms with van der Waals surface area (Å²) in [7, 11) is 0. The first kappa shape index (κ1) is 14.4. The minimum absolute atomic E-state index is 0.0753. The Hall–Kier alpha value is -2.01. The fourth-order valence-corrected chi connectivity index (χ4v) is 3.29. The van der Waals surface area contributed by atoms with E-state index in [0.717, 1.165) is 0 Å². The van der Waals surface area contributed by atoms with Crippen molar-refractivity contribution in [3.63, 3.8) is 0 Å². The van der Waals surface area contributed by atoms with Crippen molar-refractivity contribution in [3.05, 3.63) is 45.1 Å². The Kier molecular flexibility index (Phi) is 3.99. The summed E-state index contributed by atoms with van der Waals surface area (Å²) in [6, 6.07) is 7.22. The van der Waals surface area contributed by atoms with Crippen LogP contribution in [0.3, 0.4) is 0 Å². The Morgan fingerprint density at radius 1 is 1.40 bits per heavy atom. The van der Waals surface area contributed by atoms with Gasteiger partial charge in [0.25, 0.3) is 0 Å². The lowest BCUT2D eigenvalue weighted by Crippen LogP contribution is -2.11. The van der Waals surface area contributed by atoms with E-state index in [1.807, 2.05) is 6.92 Å². The molecule has 1 atom stereocenters. The predicted molar refractivity (Wildman–Crippen MR) is 83.6 cm³/mol. The van der Waals surface area contributed by atoms with Crippen molar-refractivity contribution in [2.45, 2.75) is 26.8 Å². The van der Waals surface area contributed by atoms with Crippen LogP contribution in [0.4, 0.5) is 11.4 Å². The average Bonchev–Trinajstić information content (AvgIpc) is 2.70. The molecule has 20 heavy (non-hydrogen) atoms. The van der Waals surface area contributed by atoms with E-state index in [1.165, 1.54) is 21.4 Å². The van der Waals surface area contributed by atoms with E-state index >= 15 is 0 Å². The third kappa shape index (κ3) is 2.77. The van der Waals surface area contributed by atoms with Gasteiger partial charge in [0.05, 0.1) is 16.9 Å². The van der Waals surface area contributed by atoms with Gasteiger partial charge >= 0.3 is 5.97 Å². The van der Waals surface area contributed by atoms with Gasteiger partial charge in [0.15, 0.2) is 0 Å². The molecule has 1 aromatic carbocycles. The van der Waals surface area contributed by atoms with Crippen molar-refractivity contribution in [1.82, 2.24) is 0 Å². The summed E-state index contributed by atoms with van der Waals surface area (Å²) >= 11 is 1.75. The number of hydrogen-bond acceptors (Lipinski definition) is 4. The van der Waals surface area contributed by atoms with E-state index in [9.17, 15) is 4.79 Å². The molecule has 0 aliphatic rings. The highest BCUT2D eigenvalue weighted by molar-refractivity contribution is 7.12. The number of carboxylic acid groups (broad SMARTS) is 1. The molecule has 4 nitrogen and oxygen atoms in total. The molecule has 0 radical (unpaired) electrons. The molecular formula is C15H18N2O2S. The van der Waals surface area contributed by atoms with Gasteiger partial charge in [-0.15, -0.1) is 11.3 Å². The molecule has 0 saturated carbocycles. The molecule has 2 rings (SSSR count). The van der Waals surface area contributed by atoms with E-state index in [4.69, 9.17) is 10.8 Å². The van der Waals surface area contributed by atoms with Crippen LogP contribution in [0, 0.1) is 13.8 Å². The number of hydrogen-bond donors (Lipinski definition) is 3. The molecule has 0 amide bonds. The number of rotatable bonds is 4. The topological polar surface area (TPSA) is 75.3 Å². The highest BCUT2D eigenvalue weighted by Gasteiger charge is 2.15. The van der Waals surface area contributed by atoms with Crippen LogP contribution in [0.1, 0.15) is 38.6 Å². The lowest BCUT2D eigenvalue weighted by atomic mass is 10.1. The Balaban J connectivity index is 2.28. The van der Waals surface area contributed by atoms with E-state index in [1.54, 1.807) is 23.5 Å². The van der Waals surface area contributed by atoms with E-state index in [-0.39, 0.29) is 17.3 Å². The number of carbonyl (C=O) groups is 1. The van der Waals surface area contributed by atoms with Crippen molar-refractivity contribution >= 4 is 28.7 Å². The monoisotopic (exact) mass is 290 g/mol. The van der Waals surface area contributed by atoms with Crippen molar-refractivity contribution < 1.29 is 9.90 Å². The first-order chi connectivity index (χ1) is 9.40. The average molecular weight is 290 g/mol. The number of aryl methyl sites for hydroxylation is 2. The molecule has 1 heterocycles. The van der Waals surface area contributed by atoms with E-state index < -0.39 is 5.97 Å². The Morgan fingerprint density at radius 2 is 2.10 bits per heavy atom. The number of nitrogens with two attached hydrogens (primary N) is 1. The first-order valence-electron chi connectivity index (χ1n) is 6.35. The number of carboxylic acids is 1. The minimum Gasteiger partial charge on any atom is -0.478 e. The van der Waals surface area contributed by atoms with Crippen LogP contribution in [0.5, 0.6) is 0 Å². The van der Waals surface area contributed by atoms with Crippen LogP contribution in [0.15, 0.2) is 24.3 Å². The normalized spacial score (nSPS) is 12.2. The molecule has 2 aromatic rings. The lowest BCUT2D eigenvalue weighted by Gasteiger charge is -2.17. The van der Waals surface area contributed by atoms with Crippen LogP contribution in [0.25, 0.3) is 0 Å². The van der Waals surface area contributed by atoms with Gasteiger partial charge in [-0.2, -0.15) is 0 Å². The van der Waals surface area contributed by atoms with Crippen LogP contribution < -0.4 is 11.1 Å². The molecule has 0 spiro atoms. The lowest BCUT2D eigenvalue weighted by molar-refractivity contribution is 0.0698. The summed E-state index contributed by atoms with van der Waals surface area (Å²) in [4.78, 5) is 13.6. The Labute approximate surface area is 122 Å². The van der Waals surface area contributed by atoms with Gasteiger partial charge in [-0.3, -0.25) is 0 Å². The molecule has 106 valence electrons. The van der Waals surface area contributed by atoms with Crippen molar-refractivity contribution in [1.29, 1.82) is 0 Å². The predicted octanol–water partition coefficient (Wildman–Crippen LogP) is 3.82. The van der Waals surface area contributed by atoms with Gasteiger partial charge in [-0.25, -0.2) is 4.79 Å². The summed E-state index contributed by atoms with van der Waals surface area (Å²) < 4.78 is 0. The number of benzene rings is 1. The third-order valence-corrected chi connectivity index (χ3v) is 4.24. The van der Waals surface area contributed by atoms with Crippen molar-refractivity contribution in [2.24, 2.45) is 0 Å². The fraction of sp³-hybridized carbons (Fsp3) is 0.267. The van der Waals surface area contributed by atoms with Crippen LogP contribution in [-0.4, -0.2) is 11.1 Å². The quantitative estimate of drug-likeness (QED) is 0.748. The molecule has 0 aliphatic carbocycles. The number of aromatic carboxylic acids is 1.